The number of nitrogens with one attached hydrogen (secondary N) is 1. The number of aromatic nitrogens is 2. The van der Waals surface area contributed by atoms with E-state index in [1.165, 1.54) is 13.0 Å². The minimum absolute atomic E-state index is 0.125. The number of carbonyl (C=O) groups excluding carboxylic acids is 2. The molecule has 0 aliphatic carbocycles. The Bertz CT molecular complexity index is 866. The summed E-state index contributed by atoms with van der Waals surface area (Å²) in [6, 6.07) is 1.37. The highest BCUT2D eigenvalue weighted by Crippen LogP contribution is 2.16. The summed E-state index contributed by atoms with van der Waals surface area (Å²) in [5, 5.41) is 7.85. The molecule has 2 rings (SSSR count). The Morgan fingerprint density at radius 2 is 2.14 bits per heavy atom. The standard InChI is InChI=1S/C13H13N3O4S/c1-4-20-12(19)8-5-9-10(15-6(8)2)21-13(14)16(7(3)17)11(9)18/h5,14H,4H2,1-3H3. The van der Waals surface area contributed by atoms with Crippen molar-refractivity contribution in [2.45, 2.75) is 20.8 Å². The minimum atomic E-state index is -0.653. The molecule has 21 heavy (non-hydrogen) atoms. The third-order valence-electron chi connectivity index (χ3n) is 2.82. The summed E-state index contributed by atoms with van der Waals surface area (Å²) in [4.78, 5) is 39.9. The summed E-state index contributed by atoms with van der Waals surface area (Å²) in [6.07, 6.45) is 0. The zero-order valence-electron chi connectivity index (χ0n) is 11.7. The molecule has 0 spiro atoms. The lowest BCUT2D eigenvalue weighted by Gasteiger charge is -2.07. The van der Waals surface area contributed by atoms with Crippen LogP contribution in [0.2, 0.25) is 0 Å². The highest BCUT2D eigenvalue weighted by molar-refractivity contribution is 7.15. The number of esters is 1. The molecule has 110 valence electrons. The maximum Gasteiger partial charge on any atom is 0.339 e. The summed E-state index contributed by atoms with van der Waals surface area (Å²) in [5.74, 6) is -1.13. The van der Waals surface area contributed by atoms with Gasteiger partial charge in [0.2, 0.25) is 5.91 Å². The molecule has 8 heteroatoms. The van der Waals surface area contributed by atoms with Crippen LogP contribution in [-0.2, 0) is 4.74 Å². The van der Waals surface area contributed by atoms with E-state index in [-0.39, 0.29) is 22.4 Å². The summed E-state index contributed by atoms with van der Waals surface area (Å²) in [7, 11) is 0. The van der Waals surface area contributed by atoms with Crippen molar-refractivity contribution < 1.29 is 14.3 Å². The number of fused-ring (bicyclic) bond motifs is 1. The van der Waals surface area contributed by atoms with Crippen LogP contribution in [0.1, 0.15) is 34.7 Å². The Kier molecular flexibility index (Phi) is 3.99. The third kappa shape index (κ3) is 2.62. The normalized spacial score (nSPS) is 10.6. The number of pyridine rings is 1. The number of hydrogen-bond donors (Lipinski definition) is 1. The molecule has 0 saturated heterocycles. The molecule has 1 N–H and O–H groups in total. The van der Waals surface area contributed by atoms with Gasteiger partial charge < -0.3 is 4.74 Å². The molecule has 0 amide bonds. The van der Waals surface area contributed by atoms with Crippen LogP contribution in [0, 0.1) is 12.3 Å². The zero-order valence-corrected chi connectivity index (χ0v) is 12.5. The Hall–Kier alpha value is -2.35. The van der Waals surface area contributed by atoms with Crippen LogP contribution in [0.3, 0.4) is 0 Å². The van der Waals surface area contributed by atoms with Gasteiger partial charge in [0.15, 0.2) is 4.80 Å². The van der Waals surface area contributed by atoms with Crippen molar-refractivity contribution in [2.75, 3.05) is 6.61 Å². The molecule has 0 aliphatic rings. The predicted octanol–water partition coefficient (Wildman–Crippen LogP) is 1.08. The highest BCUT2D eigenvalue weighted by Gasteiger charge is 2.17. The summed E-state index contributed by atoms with van der Waals surface area (Å²) < 4.78 is 5.66. The second kappa shape index (κ2) is 5.57. The van der Waals surface area contributed by atoms with Crippen molar-refractivity contribution in [3.05, 3.63) is 32.5 Å². The third-order valence-corrected chi connectivity index (χ3v) is 3.70. The molecular weight excluding hydrogens is 294 g/mol. The first-order chi connectivity index (χ1) is 9.86. The fourth-order valence-corrected chi connectivity index (χ4v) is 2.79. The Morgan fingerprint density at radius 3 is 2.71 bits per heavy atom. The van der Waals surface area contributed by atoms with Gasteiger partial charge in [0.25, 0.3) is 5.56 Å². The van der Waals surface area contributed by atoms with Crippen molar-refractivity contribution in [2.24, 2.45) is 0 Å². The quantitative estimate of drug-likeness (QED) is 0.836. The van der Waals surface area contributed by atoms with Gasteiger partial charge in [0, 0.05) is 6.92 Å². The van der Waals surface area contributed by atoms with E-state index in [1.54, 1.807) is 13.8 Å². The van der Waals surface area contributed by atoms with E-state index < -0.39 is 17.4 Å². The van der Waals surface area contributed by atoms with Gasteiger partial charge in [-0.15, -0.1) is 0 Å². The number of rotatable bonds is 2. The molecule has 0 atom stereocenters. The smallest absolute Gasteiger partial charge is 0.339 e. The van der Waals surface area contributed by atoms with Crippen LogP contribution >= 0.6 is 11.3 Å². The average Bonchev–Trinajstić information content (AvgIpc) is 2.37. The number of carbonyl (C=O) groups is 2. The van der Waals surface area contributed by atoms with Gasteiger partial charge in [-0.1, -0.05) is 11.3 Å². The van der Waals surface area contributed by atoms with Crippen LogP contribution in [0.5, 0.6) is 0 Å². The molecule has 2 aromatic rings. The van der Waals surface area contributed by atoms with Gasteiger partial charge in [0.05, 0.1) is 23.3 Å². The van der Waals surface area contributed by atoms with Crippen LogP contribution in [-0.4, -0.2) is 28.0 Å². The number of ether oxygens (including phenoxy) is 1. The van der Waals surface area contributed by atoms with Crippen molar-refractivity contribution in [1.29, 1.82) is 5.41 Å². The maximum absolute atomic E-state index is 12.3. The monoisotopic (exact) mass is 307 g/mol. The van der Waals surface area contributed by atoms with E-state index in [1.807, 2.05) is 0 Å². The second-order valence-corrected chi connectivity index (χ2v) is 5.24. The predicted molar refractivity (Wildman–Crippen MR) is 76.7 cm³/mol. The Balaban J connectivity index is 2.83. The summed E-state index contributed by atoms with van der Waals surface area (Å²) in [5.41, 5.74) is -0.0580. The number of hydrogen-bond acceptors (Lipinski definition) is 7. The molecular formula is C13H13N3O4S. The zero-order chi connectivity index (χ0) is 15.7. The summed E-state index contributed by atoms with van der Waals surface area (Å²) >= 11 is 0.904. The fourth-order valence-electron chi connectivity index (χ4n) is 1.87. The van der Waals surface area contributed by atoms with Gasteiger partial charge in [-0.25, -0.2) is 14.3 Å². The van der Waals surface area contributed by atoms with Crippen LogP contribution in [0.25, 0.3) is 10.2 Å². The molecule has 2 aromatic heterocycles. The lowest BCUT2D eigenvalue weighted by Crippen LogP contribution is -2.35. The van der Waals surface area contributed by atoms with Crippen LogP contribution in [0.15, 0.2) is 10.9 Å². The van der Waals surface area contributed by atoms with E-state index in [9.17, 15) is 14.4 Å². The van der Waals surface area contributed by atoms with E-state index in [0.29, 0.717) is 10.5 Å². The number of aryl methyl sites for hydroxylation is 1. The SMILES string of the molecule is CCOC(=O)c1cc2c(=O)n(C(C)=O)c(=N)sc2nc1C. The van der Waals surface area contributed by atoms with E-state index in [4.69, 9.17) is 10.1 Å². The highest BCUT2D eigenvalue weighted by atomic mass is 32.1. The largest absolute Gasteiger partial charge is 0.462 e. The molecule has 0 unspecified atom stereocenters. The van der Waals surface area contributed by atoms with Crippen molar-refractivity contribution in [3.63, 3.8) is 0 Å². The van der Waals surface area contributed by atoms with Gasteiger partial charge in [-0.3, -0.25) is 15.0 Å². The molecule has 0 saturated carbocycles. The molecule has 7 nitrogen and oxygen atoms in total. The molecule has 0 bridgehead atoms. The lowest BCUT2D eigenvalue weighted by atomic mass is 10.2. The summed E-state index contributed by atoms with van der Waals surface area (Å²) in [6.45, 7) is 4.71. The molecule has 2 heterocycles. The second-order valence-electron chi connectivity index (χ2n) is 4.26. The number of nitrogens with zero attached hydrogens (tertiary/aromatic N) is 2. The Morgan fingerprint density at radius 1 is 1.48 bits per heavy atom. The van der Waals surface area contributed by atoms with Crippen LogP contribution in [0.4, 0.5) is 0 Å². The molecule has 0 radical (unpaired) electrons. The van der Waals surface area contributed by atoms with Gasteiger partial charge in [0.1, 0.15) is 4.83 Å². The minimum Gasteiger partial charge on any atom is -0.462 e. The van der Waals surface area contributed by atoms with Gasteiger partial charge in [-0.2, -0.15) is 0 Å². The molecule has 0 aliphatic heterocycles. The Labute approximate surface area is 123 Å². The van der Waals surface area contributed by atoms with Crippen molar-refractivity contribution >= 4 is 33.4 Å². The fraction of sp³-hybridized carbons (Fsp3) is 0.308. The topological polar surface area (TPSA) is 102 Å². The van der Waals surface area contributed by atoms with Gasteiger partial charge >= 0.3 is 5.97 Å². The first-order valence-corrected chi connectivity index (χ1v) is 6.98. The van der Waals surface area contributed by atoms with Crippen molar-refractivity contribution in [3.8, 4) is 0 Å². The van der Waals surface area contributed by atoms with E-state index in [2.05, 4.69) is 4.98 Å². The van der Waals surface area contributed by atoms with Crippen LogP contribution < -0.4 is 10.4 Å². The van der Waals surface area contributed by atoms with Gasteiger partial charge in [-0.05, 0) is 19.9 Å². The molecule has 0 aromatic carbocycles. The first kappa shape index (κ1) is 15.0. The van der Waals surface area contributed by atoms with Crippen molar-refractivity contribution in [1.82, 2.24) is 9.55 Å². The molecule has 0 fully saturated rings. The maximum atomic E-state index is 12.3. The lowest BCUT2D eigenvalue weighted by molar-refractivity contribution is 0.0525. The van der Waals surface area contributed by atoms with E-state index >= 15 is 0 Å². The van der Waals surface area contributed by atoms with E-state index in [0.717, 1.165) is 15.9 Å². The first-order valence-electron chi connectivity index (χ1n) is 6.17. The average molecular weight is 307 g/mol.